The van der Waals surface area contributed by atoms with Crippen LogP contribution >= 0.6 is 0 Å². The van der Waals surface area contributed by atoms with Crippen LogP contribution in [0.1, 0.15) is 18.4 Å². The smallest absolute Gasteiger partial charge is 0.335 e. The van der Waals surface area contributed by atoms with Gasteiger partial charge in [-0.1, -0.05) is 0 Å². The first-order chi connectivity index (χ1) is 12.1. The third kappa shape index (κ3) is 5.95. The molecule has 0 aliphatic carbocycles. The number of amides is 2. The quantitative estimate of drug-likeness (QED) is 0.474. The van der Waals surface area contributed by atoms with Crippen LogP contribution in [0.4, 0.5) is 9.18 Å². The number of benzene rings is 2. The van der Waals surface area contributed by atoms with E-state index in [0.717, 1.165) is 10.6 Å². The van der Waals surface area contributed by atoms with Gasteiger partial charge in [0.15, 0.2) is 0 Å². The third-order valence-corrected chi connectivity index (χ3v) is 3.19. The molecule has 7 heteroatoms. The number of unbranched alkanes of at least 4 members (excludes halogenated alkanes) is 1. The van der Waals surface area contributed by atoms with Crippen LogP contribution in [-0.4, -0.2) is 23.8 Å². The molecule has 0 atom stereocenters. The van der Waals surface area contributed by atoms with Crippen molar-refractivity contribution < 1.29 is 13.9 Å². The first kappa shape index (κ1) is 17.9. The van der Waals surface area contributed by atoms with Crippen molar-refractivity contribution >= 4 is 12.2 Å². The predicted octanol–water partition coefficient (Wildman–Crippen LogP) is 3.64. The average Bonchev–Trinajstić information content (AvgIpc) is 2.61. The van der Waals surface area contributed by atoms with Crippen LogP contribution in [-0.2, 0) is 0 Å². The summed E-state index contributed by atoms with van der Waals surface area (Å²) in [5.41, 5.74) is 6.00. The molecule has 2 aromatic carbocycles. The second-order valence-corrected chi connectivity index (χ2v) is 5.09. The van der Waals surface area contributed by atoms with Crippen molar-refractivity contribution in [3.63, 3.8) is 0 Å². The predicted molar refractivity (Wildman–Crippen MR) is 91.6 cm³/mol. The summed E-state index contributed by atoms with van der Waals surface area (Å²) in [6.45, 7) is 0.283. The van der Waals surface area contributed by atoms with E-state index in [-0.39, 0.29) is 12.4 Å². The lowest BCUT2D eigenvalue weighted by Crippen LogP contribution is -2.32. The molecular weight excluding hydrogens is 323 g/mol. The maximum atomic E-state index is 12.9. The Morgan fingerprint density at radius 1 is 1.20 bits per heavy atom. The van der Waals surface area contributed by atoms with Gasteiger partial charge in [0.25, 0.3) is 0 Å². The number of ether oxygens (including phenoxy) is 1. The van der Waals surface area contributed by atoms with E-state index in [1.807, 2.05) is 6.07 Å². The Labute approximate surface area is 144 Å². The van der Waals surface area contributed by atoms with Gasteiger partial charge in [0.05, 0.1) is 12.3 Å². The van der Waals surface area contributed by atoms with Crippen LogP contribution < -0.4 is 10.5 Å². The number of hydrogen-bond donors (Lipinski definition) is 1. The van der Waals surface area contributed by atoms with Gasteiger partial charge in [-0.3, -0.25) is 0 Å². The normalized spacial score (nSPS) is 10.4. The number of nitriles is 1. The second kappa shape index (κ2) is 9.03. The van der Waals surface area contributed by atoms with Gasteiger partial charge >= 0.3 is 6.03 Å². The summed E-state index contributed by atoms with van der Waals surface area (Å²) in [5, 5.41) is 13.7. The maximum Gasteiger partial charge on any atom is 0.335 e. The summed E-state index contributed by atoms with van der Waals surface area (Å²) in [6.07, 6.45) is 2.33. The Morgan fingerprint density at radius 3 is 2.36 bits per heavy atom. The number of urea groups is 1. The van der Waals surface area contributed by atoms with E-state index in [2.05, 4.69) is 5.10 Å². The van der Waals surface area contributed by atoms with Crippen molar-refractivity contribution in [2.24, 2.45) is 10.8 Å². The highest BCUT2D eigenvalue weighted by Gasteiger charge is 2.06. The van der Waals surface area contributed by atoms with Crippen LogP contribution in [0.5, 0.6) is 11.5 Å². The maximum absolute atomic E-state index is 12.9. The Hall–Kier alpha value is -3.40. The molecule has 2 aromatic rings. The monoisotopic (exact) mass is 340 g/mol. The molecule has 2 amide bonds. The zero-order valence-electron chi connectivity index (χ0n) is 13.4. The fourth-order valence-corrected chi connectivity index (χ4v) is 1.93. The Morgan fingerprint density at radius 2 is 1.80 bits per heavy atom. The highest BCUT2D eigenvalue weighted by Crippen LogP contribution is 2.21. The van der Waals surface area contributed by atoms with Crippen molar-refractivity contribution in [1.82, 2.24) is 5.01 Å². The molecule has 0 radical (unpaired) electrons. The molecule has 0 aliphatic heterocycles. The molecule has 0 saturated heterocycles. The van der Waals surface area contributed by atoms with Crippen molar-refractivity contribution in [3.05, 3.63) is 59.9 Å². The van der Waals surface area contributed by atoms with E-state index in [4.69, 9.17) is 15.7 Å². The molecule has 0 aliphatic rings. The minimum Gasteiger partial charge on any atom is -0.457 e. The number of nitrogens with zero attached hydrogens (tertiary/aromatic N) is 3. The average molecular weight is 340 g/mol. The molecule has 25 heavy (non-hydrogen) atoms. The van der Waals surface area contributed by atoms with Crippen LogP contribution in [0.2, 0.25) is 0 Å². The standard InChI is InChI=1S/C18H17FN4O2/c19-15-5-9-17(10-6-15)25-16-7-3-14(4-8-16)13-22-23(18(21)24)12-2-1-11-20/h3-10,13H,1-2,12H2,(H2,21,24). The van der Waals surface area contributed by atoms with Crippen molar-refractivity contribution in [2.45, 2.75) is 12.8 Å². The molecule has 2 rings (SSSR count). The molecular formula is C18H17FN4O2. The van der Waals surface area contributed by atoms with Crippen molar-refractivity contribution in [3.8, 4) is 17.6 Å². The number of carbonyl (C=O) groups excluding carboxylic acids is 1. The number of nitrogens with two attached hydrogens (primary N) is 1. The number of carbonyl (C=O) groups is 1. The largest absolute Gasteiger partial charge is 0.457 e. The highest BCUT2D eigenvalue weighted by atomic mass is 19.1. The molecule has 0 aromatic heterocycles. The van der Waals surface area contributed by atoms with Gasteiger partial charge in [-0.15, -0.1) is 0 Å². The zero-order chi connectivity index (χ0) is 18.1. The summed E-state index contributed by atoms with van der Waals surface area (Å²) < 4.78 is 18.5. The lowest BCUT2D eigenvalue weighted by Gasteiger charge is -2.12. The van der Waals surface area contributed by atoms with E-state index in [1.165, 1.54) is 30.5 Å². The topological polar surface area (TPSA) is 91.7 Å². The number of hydrogen-bond acceptors (Lipinski definition) is 4. The first-order valence-electron chi connectivity index (χ1n) is 7.60. The summed E-state index contributed by atoms with van der Waals surface area (Å²) in [5.74, 6) is 0.789. The molecule has 2 N–H and O–H groups in total. The summed E-state index contributed by atoms with van der Waals surface area (Å²) >= 11 is 0. The highest BCUT2D eigenvalue weighted by molar-refractivity contribution is 5.81. The molecule has 0 spiro atoms. The third-order valence-electron chi connectivity index (χ3n) is 3.19. The molecule has 6 nitrogen and oxygen atoms in total. The second-order valence-electron chi connectivity index (χ2n) is 5.09. The van der Waals surface area contributed by atoms with Crippen LogP contribution in [0.3, 0.4) is 0 Å². The van der Waals surface area contributed by atoms with Crippen LogP contribution in [0.15, 0.2) is 53.6 Å². The lowest BCUT2D eigenvalue weighted by molar-refractivity contribution is 0.210. The Kier molecular flexibility index (Phi) is 6.48. The summed E-state index contributed by atoms with van der Waals surface area (Å²) in [4.78, 5) is 11.3. The fourth-order valence-electron chi connectivity index (χ4n) is 1.93. The molecule has 0 heterocycles. The molecule has 0 saturated carbocycles. The van der Waals surface area contributed by atoms with Gasteiger partial charge in [0, 0.05) is 13.0 Å². The van der Waals surface area contributed by atoms with Crippen LogP contribution in [0.25, 0.3) is 0 Å². The SMILES string of the molecule is N#CCCCN(N=Cc1ccc(Oc2ccc(F)cc2)cc1)C(N)=O. The van der Waals surface area contributed by atoms with E-state index in [9.17, 15) is 9.18 Å². The van der Waals surface area contributed by atoms with E-state index in [0.29, 0.717) is 24.3 Å². The van der Waals surface area contributed by atoms with Gasteiger partial charge in [-0.05, 0) is 60.5 Å². The first-order valence-corrected chi connectivity index (χ1v) is 7.60. The fraction of sp³-hybridized carbons (Fsp3) is 0.167. The number of rotatable bonds is 7. The number of halogens is 1. The van der Waals surface area contributed by atoms with Crippen LogP contribution in [0, 0.1) is 17.1 Å². The molecule has 0 fully saturated rings. The van der Waals surface area contributed by atoms with E-state index < -0.39 is 6.03 Å². The summed E-state index contributed by atoms with van der Waals surface area (Å²) in [7, 11) is 0. The Balaban J connectivity index is 1.97. The Bertz CT molecular complexity index is 767. The van der Waals surface area contributed by atoms with Gasteiger partial charge < -0.3 is 10.5 Å². The number of primary amides is 1. The minimum absolute atomic E-state index is 0.283. The molecule has 0 unspecified atom stereocenters. The van der Waals surface area contributed by atoms with Gasteiger partial charge in [-0.2, -0.15) is 10.4 Å². The van der Waals surface area contributed by atoms with Gasteiger partial charge in [0.2, 0.25) is 0 Å². The van der Waals surface area contributed by atoms with Gasteiger partial charge in [0.1, 0.15) is 17.3 Å². The van der Waals surface area contributed by atoms with E-state index in [1.54, 1.807) is 24.3 Å². The summed E-state index contributed by atoms with van der Waals surface area (Å²) in [6, 6.07) is 14.0. The molecule has 128 valence electrons. The lowest BCUT2D eigenvalue weighted by atomic mass is 10.2. The number of hydrazone groups is 1. The minimum atomic E-state index is -0.676. The molecule has 0 bridgehead atoms. The van der Waals surface area contributed by atoms with Crippen molar-refractivity contribution in [2.75, 3.05) is 6.54 Å². The van der Waals surface area contributed by atoms with Gasteiger partial charge in [-0.25, -0.2) is 14.2 Å². The zero-order valence-corrected chi connectivity index (χ0v) is 13.4. The van der Waals surface area contributed by atoms with Crippen molar-refractivity contribution in [1.29, 1.82) is 5.26 Å². The van der Waals surface area contributed by atoms with E-state index >= 15 is 0 Å².